The molecule has 0 spiro atoms. The molecular weight excluding hydrogens is 240 g/mol. The molecule has 0 saturated carbocycles. The molecule has 1 saturated heterocycles. The lowest BCUT2D eigenvalue weighted by molar-refractivity contribution is 0.601. The van der Waals surface area contributed by atoms with Gasteiger partial charge in [-0.3, -0.25) is 4.79 Å². The van der Waals surface area contributed by atoms with Gasteiger partial charge in [0.05, 0.1) is 17.2 Å². The third kappa shape index (κ3) is 2.21. The zero-order valence-corrected chi connectivity index (χ0v) is 9.31. The maximum atomic E-state index is 11.2. The normalized spacial score (nSPS) is 24.2. The molecule has 5 nitrogen and oxygen atoms in total. The number of aromatic nitrogens is 2. The molecule has 15 heavy (non-hydrogen) atoms. The zero-order valence-electron chi connectivity index (χ0n) is 7.73. The Labute approximate surface area is 91.4 Å². The number of nitrogens with one attached hydrogen (secondary N) is 1. The van der Waals surface area contributed by atoms with E-state index in [0.29, 0.717) is 12.1 Å². The number of rotatable bonds is 1. The summed E-state index contributed by atoms with van der Waals surface area (Å²) in [4.78, 5) is 10.9. The van der Waals surface area contributed by atoms with E-state index in [1.807, 2.05) is 0 Å². The maximum absolute atomic E-state index is 11.2. The molecule has 2 rings (SSSR count). The summed E-state index contributed by atoms with van der Waals surface area (Å²) in [5.74, 6) is 0.114. The largest absolute Gasteiger partial charge is 0.282 e. The first-order valence-corrected chi connectivity index (χ1v) is 6.63. The summed E-state index contributed by atoms with van der Waals surface area (Å²) in [6, 6.07) is 1.44. The van der Waals surface area contributed by atoms with Gasteiger partial charge in [0.1, 0.15) is 5.02 Å². The Balaban J connectivity index is 2.32. The lowest BCUT2D eigenvalue weighted by atomic mass is 10.1. The summed E-state index contributed by atoms with van der Waals surface area (Å²) in [6.07, 6.45) is 0.539. The van der Waals surface area contributed by atoms with Gasteiger partial charge < -0.3 is 0 Å². The van der Waals surface area contributed by atoms with Crippen molar-refractivity contribution in [3.8, 4) is 0 Å². The second-order valence-corrected chi connectivity index (χ2v) is 6.21. The minimum atomic E-state index is -2.94. The van der Waals surface area contributed by atoms with Crippen LogP contribution in [0.4, 0.5) is 0 Å². The molecule has 0 aromatic carbocycles. The van der Waals surface area contributed by atoms with E-state index >= 15 is 0 Å². The van der Waals surface area contributed by atoms with E-state index in [-0.39, 0.29) is 22.4 Å². The Morgan fingerprint density at radius 1 is 1.53 bits per heavy atom. The van der Waals surface area contributed by atoms with E-state index in [2.05, 4.69) is 10.2 Å². The Kier molecular flexibility index (Phi) is 2.56. The topological polar surface area (TPSA) is 79.9 Å². The van der Waals surface area contributed by atoms with E-state index in [0.717, 1.165) is 0 Å². The maximum Gasteiger partial charge on any atom is 0.282 e. The van der Waals surface area contributed by atoms with E-state index in [4.69, 9.17) is 11.6 Å². The molecule has 0 amide bonds. The molecule has 2 heterocycles. The van der Waals surface area contributed by atoms with Gasteiger partial charge in [-0.2, -0.15) is 5.10 Å². The number of hydrogen-bond acceptors (Lipinski definition) is 4. The number of halogens is 1. The van der Waals surface area contributed by atoms with Crippen LogP contribution in [-0.2, 0) is 9.84 Å². The van der Waals surface area contributed by atoms with Gasteiger partial charge in [0.15, 0.2) is 9.84 Å². The van der Waals surface area contributed by atoms with Crippen molar-refractivity contribution >= 4 is 21.4 Å². The molecule has 1 fully saturated rings. The van der Waals surface area contributed by atoms with Crippen LogP contribution in [0.25, 0.3) is 0 Å². The highest BCUT2D eigenvalue weighted by atomic mass is 35.5. The van der Waals surface area contributed by atoms with Gasteiger partial charge in [-0.15, -0.1) is 0 Å². The van der Waals surface area contributed by atoms with Crippen LogP contribution in [0.5, 0.6) is 0 Å². The van der Waals surface area contributed by atoms with Crippen molar-refractivity contribution in [2.45, 2.75) is 12.3 Å². The highest BCUT2D eigenvalue weighted by molar-refractivity contribution is 7.91. The van der Waals surface area contributed by atoms with Gasteiger partial charge in [-0.05, 0) is 12.5 Å². The molecule has 0 aliphatic carbocycles. The molecule has 1 aromatic rings. The van der Waals surface area contributed by atoms with Crippen molar-refractivity contribution in [2.24, 2.45) is 0 Å². The Morgan fingerprint density at radius 2 is 2.27 bits per heavy atom. The first kappa shape index (κ1) is 10.6. The van der Waals surface area contributed by atoms with Gasteiger partial charge in [-0.1, -0.05) is 11.6 Å². The standard InChI is InChI=1S/C8H9ClN2O3S/c9-6-3-7(10-11-8(6)12)5-1-2-15(13,14)4-5/h3,5H,1-2,4H2,(H,11,12). The fourth-order valence-electron chi connectivity index (χ4n) is 1.63. The summed E-state index contributed by atoms with van der Waals surface area (Å²) < 4.78 is 22.5. The molecule has 82 valence electrons. The average molecular weight is 249 g/mol. The van der Waals surface area contributed by atoms with Crippen molar-refractivity contribution in [1.29, 1.82) is 0 Å². The van der Waals surface area contributed by atoms with Crippen LogP contribution >= 0.6 is 11.6 Å². The van der Waals surface area contributed by atoms with E-state index < -0.39 is 15.4 Å². The monoisotopic (exact) mass is 248 g/mol. The van der Waals surface area contributed by atoms with Crippen molar-refractivity contribution < 1.29 is 8.42 Å². The summed E-state index contributed by atoms with van der Waals surface area (Å²) in [5.41, 5.74) is 0.0851. The van der Waals surface area contributed by atoms with Crippen molar-refractivity contribution in [2.75, 3.05) is 11.5 Å². The predicted molar refractivity (Wildman–Crippen MR) is 55.9 cm³/mol. The van der Waals surface area contributed by atoms with Crippen LogP contribution in [0.15, 0.2) is 10.9 Å². The van der Waals surface area contributed by atoms with Crippen LogP contribution < -0.4 is 5.56 Å². The molecule has 1 aromatic heterocycles. The van der Waals surface area contributed by atoms with Crippen LogP contribution in [-0.4, -0.2) is 30.1 Å². The first-order chi connectivity index (χ1) is 6.98. The number of sulfone groups is 1. The summed E-state index contributed by atoms with van der Waals surface area (Å²) >= 11 is 5.63. The SMILES string of the molecule is O=c1[nH]nc(C2CCS(=O)(=O)C2)cc1Cl. The van der Waals surface area contributed by atoms with Crippen molar-refractivity contribution in [1.82, 2.24) is 10.2 Å². The van der Waals surface area contributed by atoms with E-state index in [9.17, 15) is 13.2 Å². The molecule has 1 N–H and O–H groups in total. The second kappa shape index (κ2) is 3.61. The summed E-state index contributed by atoms with van der Waals surface area (Å²) in [6.45, 7) is 0. The lowest BCUT2D eigenvalue weighted by Crippen LogP contribution is -2.13. The van der Waals surface area contributed by atoms with Gasteiger partial charge in [-0.25, -0.2) is 13.5 Å². The molecule has 1 aliphatic rings. The minimum Gasteiger partial charge on any atom is -0.266 e. The molecule has 0 bridgehead atoms. The van der Waals surface area contributed by atoms with E-state index in [1.54, 1.807) is 0 Å². The van der Waals surface area contributed by atoms with Crippen LogP contribution in [0.2, 0.25) is 5.02 Å². The fourth-order valence-corrected chi connectivity index (χ4v) is 3.55. The predicted octanol–water partition coefficient (Wildman–Crippen LogP) is 0.325. The highest BCUT2D eigenvalue weighted by Crippen LogP contribution is 2.27. The minimum absolute atomic E-state index is 0.0456. The molecule has 1 unspecified atom stereocenters. The van der Waals surface area contributed by atoms with Crippen molar-refractivity contribution in [3.63, 3.8) is 0 Å². The van der Waals surface area contributed by atoms with Crippen LogP contribution in [0, 0.1) is 0 Å². The second-order valence-electron chi connectivity index (χ2n) is 3.57. The third-order valence-corrected chi connectivity index (χ3v) is 4.48. The molecule has 1 atom stereocenters. The molecular formula is C8H9ClN2O3S. The molecule has 0 radical (unpaired) electrons. The number of nitrogens with zero attached hydrogens (tertiary/aromatic N) is 1. The molecule has 1 aliphatic heterocycles. The lowest BCUT2D eigenvalue weighted by Gasteiger charge is -2.05. The summed E-state index contributed by atoms with van der Waals surface area (Å²) in [5, 5.41) is 6.09. The van der Waals surface area contributed by atoms with Gasteiger partial charge in [0.25, 0.3) is 5.56 Å². The first-order valence-electron chi connectivity index (χ1n) is 4.43. The van der Waals surface area contributed by atoms with Gasteiger partial charge >= 0.3 is 0 Å². The Hall–Kier alpha value is -0.880. The van der Waals surface area contributed by atoms with Gasteiger partial charge in [0, 0.05) is 5.92 Å². The summed E-state index contributed by atoms with van der Waals surface area (Å²) in [7, 11) is -2.94. The number of hydrogen-bond donors (Lipinski definition) is 1. The number of H-pyrrole nitrogens is 1. The van der Waals surface area contributed by atoms with Crippen LogP contribution in [0.1, 0.15) is 18.0 Å². The Morgan fingerprint density at radius 3 is 2.80 bits per heavy atom. The quantitative estimate of drug-likeness (QED) is 0.777. The van der Waals surface area contributed by atoms with Crippen molar-refractivity contribution in [3.05, 3.63) is 27.1 Å². The highest BCUT2D eigenvalue weighted by Gasteiger charge is 2.30. The zero-order chi connectivity index (χ0) is 11.1. The molecule has 7 heteroatoms. The number of aromatic amines is 1. The fraction of sp³-hybridized carbons (Fsp3) is 0.500. The third-order valence-electron chi connectivity index (χ3n) is 2.43. The van der Waals surface area contributed by atoms with Gasteiger partial charge in [0.2, 0.25) is 0 Å². The average Bonchev–Trinajstić information content (AvgIpc) is 2.51. The Bertz CT molecular complexity index is 537. The van der Waals surface area contributed by atoms with Crippen LogP contribution in [0.3, 0.4) is 0 Å². The smallest absolute Gasteiger partial charge is 0.266 e. The van der Waals surface area contributed by atoms with E-state index in [1.165, 1.54) is 6.07 Å².